The molecule has 1 amide bonds. The van der Waals surface area contributed by atoms with Crippen LogP contribution in [0.15, 0.2) is 22.7 Å². The summed E-state index contributed by atoms with van der Waals surface area (Å²) in [5, 5.41) is 3.51. The van der Waals surface area contributed by atoms with Gasteiger partial charge in [-0.05, 0) is 40.5 Å². The summed E-state index contributed by atoms with van der Waals surface area (Å²) in [4.78, 5) is 11.7. The van der Waals surface area contributed by atoms with E-state index in [1.54, 1.807) is 6.07 Å². The van der Waals surface area contributed by atoms with Gasteiger partial charge in [-0.1, -0.05) is 15.9 Å². The van der Waals surface area contributed by atoms with Crippen LogP contribution in [0.25, 0.3) is 0 Å². The van der Waals surface area contributed by atoms with Crippen molar-refractivity contribution >= 4 is 37.8 Å². The molecule has 0 aliphatic heterocycles. The van der Waals surface area contributed by atoms with Crippen LogP contribution in [0, 0.1) is 5.82 Å². The predicted octanol–water partition coefficient (Wildman–Crippen LogP) is 3.12. The Morgan fingerprint density at radius 2 is 2.17 bits per heavy atom. The van der Waals surface area contributed by atoms with Crippen molar-refractivity contribution in [1.29, 1.82) is 0 Å². The van der Waals surface area contributed by atoms with E-state index in [9.17, 15) is 9.18 Å². The first-order chi connectivity index (χ1) is 8.65. The van der Waals surface area contributed by atoms with Gasteiger partial charge in [0.05, 0.1) is 11.1 Å². The van der Waals surface area contributed by atoms with E-state index in [4.69, 9.17) is 4.74 Å². The summed E-state index contributed by atoms with van der Waals surface area (Å²) in [5.41, 5.74) is 0.317. The molecule has 1 N–H and O–H groups in total. The maximum absolute atomic E-state index is 13.2. The molecule has 1 aromatic carbocycles. The summed E-state index contributed by atoms with van der Waals surface area (Å²) in [6, 6.07) is 4.30. The number of hydrogen-bond acceptors (Lipinski definition) is 2. The molecule has 0 saturated carbocycles. The second kappa shape index (κ2) is 8.61. The molecule has 1 rings (SSSR count). The number of carbonyl (C=O) groups is 1. The quantitative estimate of drug-likeness (QED) is 0.581. The average Bonchev–Trinajstić information content (AvgIpc) is 2.36. The van der Waals surface area contributed by atoms with Crippen LogP contribution in [0.3, 0.4) is 0 Å². The SMILES string of the molecule is O=C(NCCCOCCBr)c1ccc(Br)c(F)c1. The van der Waals surface area contributed by atoms with Crippen molar-refractivity contribution in [3.8, 4) is 0 Å². The first-order valence-corrected chi connectivity index (χ1v) is 7.43. The first kappa shape index (κ1) is 15.6. The van der Waals surface area contributed by atoms with Gasteiger partial charge in [0, 0.05) is 24.0 Å². The van der Waals surface area contributed by atoms with Crippen LogP contribution in [0.5, 0.6) is 0 Å². The first-order valence-electron chi connectivity index (χ1n) is 5.52. The van der Waals surface area contributed by atoms with Crippen LogP contribution >= 0.6 is 31.9 Å². The topological polar surface area (TPSA) is 38.3 Å². The fourth-order valence-electron chi connectivity index (χ4n) is 1.27. The second-order valence-corrected chi connectivity index (χ2v) is 5.19. The molecule has 0 bridgehead atoms. The number of amides is 1. The van der Waals surface area contributed by atoms with Crippen LogP contribution < -0.4 is 5.32 Å². The molecule has 0 unspecified atom stereocenters. The summed E-state index contributed by atoms with van der Waals surface area (Å²) >= 11 is 6.29. The molecular weight excluding hydrogens is 369 g/mol. The van der Waals surface area contributed by atoms with Crippen molar-refractivity contribution in [3.05, 3.63) is 34.1 Å². The molecule has 0 atom stereocenters. The summed E-state index contributed by atoms with van der Waals surface area (Å²) in [6.45, 7) is 1.77. The molecule has 0 saturated heterocycles. The molecule has 3 nitrogen and oxygen atoms in total. The molecular formula is C12H14Br2FNO2. The van der Waals surface area contributed by atoms with Gasteiger partial charge < -0.3 is 10.1 Å². The van der Waals surface area contributed by atoms with Crippen molar-refractivity contribution in [2.75, 3.05) is 25.1 Å². The number of rotatable bonds is 7. The lowest BCUT2D eigenvalue weighted by molar-refractivity contribution is 0.0944. The minimum absolute atomic E-state index is 0.276. The number of benzene rings is 1. The standard InChI is InChI=1S/C12H14Br2FNO2/c13-4-7-18-6-1-5-16-12(17)9-2-3-10(14)11(15)8-9/h2-3,8H,1,4-7H2,(H,16,17). The van der Waals surface area contributed by atoms with E-state index in [1.807, 2.05) is 0 Å². The van der Waals surface area contributed by atoms with Gasteiger partial charge in [-0.2, -0.15) is 0 Å². The third kappa shape index (κ3) is 5.46. The average molecular weight is 383 g/mol. The monoisotopic (exact) mass is 381 g/mol. The third-order valence-corrected chi connectivity index (χ3v) is 3.12. The molecule has 6 heteroatoms. The van der Waals surface area contributed by atoms with Gasteiger partial charge in [-0.25, -0.2) is 4.39 Å². The van der Waals surface area contributed by atoms with E-state index in [-0.39, 0.29) is 5.91 Å². The van der Waals surface area contributed by atoms with Gasteiger partial charge in [-0.15, -0.1) is 0 Å². The maximum Gasteiger partial charge on any atom is 0.251 e. The normalized spacial score (nSPS) is 10.4. The molecule has 0 heterocycles. The fraction of sp³-hybridized carbons (Fsp3) is 0.417. The fourth-order valence-corrected chi connectivity index (χ4v) is 1.75. The molecule has 0 aliphatic rings. The van der Waals surface area contributed by atoms with Crippen molar-refractivity contribution in [2.45, 2.75) is 6.42 Å². The molecule has 0 aliphatic carbocycles. The van der Waals surface area contributed by atoms with E-state index in [1.165, 1.54) is 12.1 Å². The molecule has 0 spiro atoms. The lowest BCUT2D eigenvalue weighted by Crippen LogP contribution is -2.25. The number of carbonyl (C=O) groups excluding carboxylic acids is 1. The third-order valence-electron chi connectivity index (χ3n) is 2.15. The van der Waals surface area contributed by atoms with E-state index in [2.05, 4.69) is 37.2 Å². The van der Waals surface area contributed by atoms with E-state index in [0.29, 0.717) is 29.8 Å². The zero-order valence-corrected chi connectivity index (χ0v) is 12.9. The summed E-state index contributed by atoms with van der Waals surface area (Å²) in [7, 11) is 0. The van der Waals surface area contributed by atoms with Crippen molar-refractivity contribution in [2.24, 2.45) is 0 Å². The molecule has 1 aromatic rings. The van der Waals surface area contributed by atoms with Gasteiger partial charge in [0.2, 0.25) is 0 Å². The summed E-state index contributed by atoms with van der Waals surface area (Å²) in [6.07, 6.45) is 0.734. The molecule has 100 valence electrons. The second-order valence-electron chi connectivity index (χ2n) is 3.54. The molecule has 0 radical (unpaired) electrons. The van der Waals surface area contributed by atoms with E-state index in [0.717, 1.165) is 11.8 Å². The van der Waals surface area contributed by atoms with Crippen molar-refractivity contribution in [3.63, 3.8) is 0 Å². The van der Waals surface area contributed by atoms with Crippen LogP contribution in [0.1, 0.15) is 16.8 Å². The highest BCUT2D eigenvalue weighted by Crippen LogP contribution is 2.16. The van der Waals surface area contributed by atoms with E-state index >= 15 is 0 Å². The Morgan fingerprint density at radius 3 is 2.83 bits per heavy atom. The highest BCUT2D eigenvalue weighted by molar-refractivity contribution is 9.10. The number of halogens is 3. The zero-order chi connectivity index (χ0) is 13.4. The molecule has 0 fully saturated rings. The zero-order valence-electron chi connectivity index (χ0n) is 9.72. The number of ether oxygens (including phenoxy) is 1. The Labute approximate surface area is 122 Å². The largest absolute Gasteiger partial charge is 0.381 e. The number of hydrogen-bond donors (Lipinski definition) is 1. The minimum atomic E-state index is -0.441. The van der Waals surface area contributed by atoms with Gasteiger partial charge >= 0.3 is 0 Å². The Balaban J connectivity index is 2.30. The smallest absolute Gasteiger partial charge is 0.251 e. The van der Waals surface area contributed by atoms with Gasteiger partial charge in [0.1, 0.15) is 5.82 Å². The maximum atomic E-state index is 13.2. The van der Waals surface area contributed by atoms with Crippen LogP contribution in [-0.2, 0) is 4.74 Å². The van der Waals surface area contributed by atoms with Crippen molar-refractivity contribution < 1.29 is 13.9 Å². The Kier molecular flexibility index (Phi) is 7.46. The Bertz CT molecular complexity index is 402. The lowest BCUT2D eigenvalue weighted by Gasteiger charge is -2.06. The molecule has 18 heavy (non-hydrogen) atoms. The molecule has 0 aromatic heterocycles. The Hall–Kier alpha value is -0.460. The van der Waals surface area contributed by atoms with Crippen LogP contribution in [0.2, 0.25) is 0 Å². The Morgan fingerprint density at radius 1 is 1.39 bits per heavy atom. The van der Waals surface area contributed by atoms with Gasteiger partial charge in [-0.3, -0.25) is 4.79 Å². The number of alkyl halides is 1. The minimum Gasteiger partial charge on any atom is -0.381 e. The van der Waals surface area contributed by atoms with E-state index < -0.39 is 5.82 Å². The van der Waals surface area contributed by atoms with Gasteiger partial charge in [0.15, 0.2) is 0 Å². The predicted molar refractivity (Wildman–Crippen MR) is 75.7 cm³/mol. The van der Waals surface area contributed by atoms with Crippen molar-refractivity contribution in [1.82, 2.24) is 5.32 Å². The van der Waals surface area contributed by atoms with Gasteiger partial charge in [0.25, 0.3) is 5.91 Å². The highest BCUT2D eigenvalue weighted by atomic mass is 79.9. The lowest BCUT2D eigenvalue weighted by atomic mass is 10.2. The summed E-state index contributed by atoms with van der Waals surface area (Å²) < 4.78 is 18.8. The van der Waals surface area contributed by atoms with Crippen LogP contribution in [-0.4, -0.2) is 31.0 Å². The summed E-state index contributed by atoms with van der Waals surface area (Å²) in [5.74, 6) is -0.717. The van der Waals surface area contributed by atoms with Crippen LogP contribution in [0.4, 0.5) is 4.39 Å². The highest BCUT2D eigenvalue weighted by Gasteiger charge is 2.07. The number of nitrogens with one attached hydrogen (secondary N) is 1.